The third-order valence-corrected chi connectivity index (χ3v) is 9.99. The van der Waals surface area contributed by atoms with Crippen LogP contribution < -0.4 is 4.74 Å². The summed E-state index contributed by atoms with van der Waals surface area (Å²) in [4.78, 5) is 9.33. The number of hydrogen-bond acceptors (Lipinski definition) is 3. The second kappa shape index (κ2) is 16.6. The first-order valence-electron chi connectivity index (χ1n) is 19.0. The second-order valence-electron chi connectivity index (χ2n) is 13.7. The zero-order valence-electron chi connectivity index (χ0n) is 30.5. The number of aryl methyl sites for hydroxylation is 2. The fourth-order valence-electron chi connectivity index (χ4n) is 7.39. The third kappa shape index (κ3) is 7.67. The molecule has 7 rings (SSSR count). The number of para-hydroxylation sites is 2. The molecule has 0 saturated heterocycles. The molecule has 0 aliphatic carbocycles. The first-order valence-corrected chi connectivity index (χ1v) is 19.0. The monoisotopic (exact) mass is 684 g/mol. The molecule has 0 aliphatic heterocycles. The van der Waals surface area contributed by atoms with Crippen molar-refractivity contribution in [2.24, 2.45) is 0 Å². The van der Waals surface area contributed by atoms with Crippen molar-refractivity contribution in [1.82, 2.24) is 19.1 Å². The standard InChI is InChI=1S/C47H48N4O/c1-4-7-9-15-29-50-43-19-13-11-17-39(43)41-32-35(23-27-45(41)50)21-25-37-34-38(49-47(48-37)52-31-6-3)26-22-36-24-28-46-42(33-36)40-18-12-14-20-44(40)51(46)30-16-10-8-5-2/h3,11-14,17-28,32-34H,4-5,7-10,15-16,29-31H2,1-2H3/b25-21+,26-22+. The van der Waals surface area contributed by atoms with E-state index in [-0.39, 0.29) is 12.6 Å². The van der Waals surface area contributed by atoms with Gasteiger partial charge in [-0.3, -0.25) is 0 Å². The Bertz CT molecular complexity index is 2260. The smallest absolute Gasteiger partial charge is 0.318 e. The van der Waals surface area contributed by atoms with Crippen LogP contribution in [0.25, 0.3) is 67.9 Å². The van der Waals surface area contributed by atoms with Crippen LogP contribution in [0.4, 0.5) is 0 Å². The number of unbranched alkanes of at least 4 members (excludes halogenated alkanes) is 6. The number of fused-ring (bicyclic) bond motifs is 6. The summed E-state index contributed by atoms with van der Waals surface area (Å²) in [5, 5.41) is 5.12. The molecule has 4 aromatic carbocycles. The summed E-state index contributed by atoms with van der Waals surface area (Å²) in [7, 11) is 0. The maximum Gasteiger partial charge on any atom is 0.318 e. The highest BCUT2D eigenvalue weighted by Gasteiger charge is 2.12. The van der Waals surface area contributed by atoms with Crippen LogP contribution in [0.5, 0.6) is 6.01 Å². The molecule has 0 spiro atoms. The van der Waals surface area contributed by atoms with Crippen molar-refractivity contribution in [3.8, 4) is 18.4 Å². The highest BCUT2D eigenvalue weighted by molar-refractivity contribution is 6.09. The number of nitrogens with zero attached hydrogens (tertiary/aromatic N) is 4. The Morgan fingerprint density at radius 2 is 1.04 bits per heavy atom. The number of ether oxygens (including phenoxy) is 1. The van der Waals surface area contributed by atoms with Crippen LogP contribution in [-0.4, -0.2) is 25.7 Å². The van der Waals surface area contributed by atoms with Crippen LogP contribution in [0.15, 0.2) is 91.0 Å². The Morgan fingerprint density at radius 1 is 0.558 bits per heavy atom. The molecule has 0 N–H and O–H groups in total. The molecule has 7 aromatic rings. The summed E-state index contributed by atoms with van der Waals surface area (Å²) in [6.45, 7) is 6.70. The van der Waals surface area contributed by atoms with Crippen molar-refractivity contribution in [2.75, 3.05) is 6.61 Å². The van der Waals surface area contributed by atoms with Gasteiger partial charge in [0, 0.05) is 56.7 Å². The minimum absolute atomic E-state index is 0.106. The molecule has 0 fully saturated rings. The van der Waals surface area contributed by atoms with Crippen molar-refractivity contribution in [2.45, 2.75) is 78.3 Å². The van der Waals surface area contributed by atoms with Gasteiger partial charge in [-0.15, -0.1) is 6.42 Å². The fraction of sp³-hybridized carbons (Fsp3) is 0.277. The average molecular weight is 685 g/mol. The number of terminal acetylenes is 1. The summed E-state index contributed by atoms with van der Waals surface area (Å²) >= 11 is 0. The molecule has 0 aliphatic rings. The van der Waals surface area contributed by atoms with E-state index in [1.807, 2.05) is 18.2 Å². The maximum absolute atomic E-state index is 5.72. The van der Waals surface area contributed by atoms with Crippen LogP contribution in [0.3, 0.4) is 0 Å². The molecule has 0 amide bonds. The van der Waals surface area contributed by atoms with Crippen molar-refractivity contribution in [1.29, 1.82) is 0 Å². The Balaban J connectivity index is 1.16. The zero-order valence-corrected chi connectivity index (χ0v) is 30.5. The molecule has 5 nitrogen and oxygen atoms in total. The van der Waals surface area contributed by atoms with E-state index in [2.05, 4.69) is 136 Å². The topological polar surface area (TPSA) is 44.9 Å². The van der Waals surface area contributed by atoms with Gasteiger partial charge in [0.05, 0.1) is 11.4 Å². The second-order valence-corrected chi connectivity index (χ2v) is 13.7. The number of rotatable bonds is 16. The van der Waals surface area contributed by atoms with E-state index in [0.29, 0.717) is 0 Å². The van der Waals surface area contributed by atoms with E-state index in [4.69, 9.17) is 11.2 Å². The maximum atomic E-state index is 5.72. The van der Waals surface area contributed by atoms with Gasteiger partial charge in [0.1, 0.15) is 0 Å². The van der Waals surface area contributed by atoms with Gasteiger partial charge in [0.2, 0.25) is 0 Å². The summed E-state index contributed by atoms with van der Waals surface area (Å²) in [6, 6.07) is 33.2. The predicted octanol–water partition coefficient (Wildman–Crippen LogP) is 12.2. The quantitative estimate of drug-likeness (QED) is 0.0752. The number of aromatic nitrogens is 4. The molecule has 0 saturated carbocycles. The van der Waals surface area contributed by atoms with Gasteiger partial charge in [-0.25, -0.2) is 0 Å². The summed E-state index contributed by atoms with van der Waals surface area (Å²) < 4.78 is 10.7. The van der Waals surface area contributed by atoms with Crippen LogP contribution in [0.1, 0.15) is 87.7 Å². The minimum atomic E-state index is 0.106. The van der Waals surface area contributed by atoms with Crippen LogP contribution in [0, 0.1) is 12.3 Å². The van der Waals surface area contributed by atoms with Crippen LogP contribution in [0.2, 0.25) is 0 Å². The number of benzene rings is 4. The molecule has 5 heteroatoms. The largest absolute Gasteiger partial charge is 0.450 e. The van der Waals surface area contributed by atoms with Gasteiger partial charge in [-0.1, -0.05) is 119 Å². The van der Waals surface area contributed by atoms with Gasteiger partial charge in [0.15, 0.2) is 6.61 Å². The van der Waals surface area contributed by atoms with E-state index in [1.54, 1.807) is 0 Å². The van der Waals surface area contributed by atoms with Crippen molar-refractivity contribution in [3.05, 3.63) is 114 Å². The van der Waals surface area contributed by atoms with Crippen molar-refractivity contribution >= 4 is 67.9 Å². The van der Waals surface area contributed by atoms with Gasteiger partial charge in [-0.05, 0) is 78.6 Å². The van der Waals surface area contributed by atoms with Crippen LogP contribution >= 0.6 is 0 Å². The SMILES string of the molecule is C#CCOc1nc(/C=C/c2ccc3c(c2)c2ccccc2n3CCCCCC)cc(/C=C/c2ccc3c(c2)c2ccccc2n3CCCCCC)n1. The minimum Gasteiger partial charge on any atom is -0.450 e. The Hall–Kier alpha value is -5.60. The molecule has 0 unspecified atom stereocenters. The lowest BCUT2D eigenvalue weighted by Crippen LogP contribution is -2.01. The highest BCUT2D eigenvalue weighted by Crippen LogP contribution is 2.32. The van der Waals surface area contributed by atoms with E-state index in [1.165, 1.54) is 95.0 Å². The van der Waals surface area contributed by atoms with Crippen molar-refractivity contribution < 1.29 is 4.74 Å². The Morgan fingerprint density at radius 3 is 1.52 bits per heavy atom. The number of hydrogen-bond donors (Lipinski definition) is 0. The normalized spacial score (nSPS) is 11.9. The van der Waals surface area contributed by atoms with E-state index < -0.39 is 0 Å². The van der Waals surface area contributed by atoms with Gasteiger partial charge in [0.25, 0.3) is 0 Å². The van der Waals surface area contributed by atoms with Gasteiger partial charge >= 0.3 is 6.01 Å². The van der Waals surface area contributed by atoms with Crippen LogP contribution in [-0.2, 0) is 13.1 Å². The highest BCUT2D eigenvalue weighted by atomic mass is 16.5. The molecule has 0 radical (unpaired) electrons. The fourth-order valence-corrected chi connectivity index (χ4v) is 7.39. The van der Waals surface area contributed by atoms with Gasteiger partial charge in [-0.2, -0.15) is 9.97 Å². The lowest BCUT2D eigenvalue weighted by Gasteiger charge is -2.07. The molecular weight excluding hydrogens is 637 g/mol. The Kier molecular flexibility index (Phi) is 11.1. The molecule has 3 heterocycles. The van der Waals surface area contributed by atoms with E-state index in [9.17, 15) is 0 Å². The summed E-state index contributed by atoms with van der Waals surface area (Å²) in [5.74, 6) is 2.53. The zero-order chi connectivity index (χ0) is 35.7. The van der Waals surface area contributed by atoms with E-state index >= 15 is 0 Å². The molecule has 0 atom stereocenters. The predicted molar refractivity (Wildman–Crippen MR) is 221 cm³/mol. The lowest BCUT2D eigenvalue weighted by molar-refractivity contribution is 0.339. The molecule has 262 valence electrons. The summed E-state index contributed by atoms with van der Waals surface area (Å²) in [6.07, 6.45) is 23.7. The molecule has 0 bridgehead atoms. The molecule has 3 aromatic heterocycles. The van der Waals surface area contributed by atoms with Crippen molar-refractivity contribution in [3.63, 3.8) is 0 Å². The first-order chi connectivity index (χ1) is 25.7. The third-order valence-electron chi connectivity index (χ3n) is 9.99. The molecule has 52 heavy (non-hydrogen) atoms. The Labute approximate surface area is 307 Å². The average Bonchev–Trinajstić information content (AvgIpc) is 3.67. The first kappa shape index (κ1) is 34.8. The van der Waals surface area contributed by atoms with E-state index in [0.717, 1.165) is 35.6 Å². The van der Waals surface area contributed by atoms with Gasteiger partial charge < -0.3 is 13.9 Å². The molecular formula is C47H48N4O. The summed E-state index contributed by atoms with van der Waals surface area (Å²) in [5.41, 5.74) is 8.88. The lowest BCUT2D eigenvalue weighted by atomic mass is 10.1.